The quantitative estimate of drug-likeness (QED) is 0.843. The SMILES string of the molecule is O=C1OCCN1c1cccc(C(=O)N2CCC3CCCCC32)c1. The first-order valence-corrected chi connectivity index (χ1v) is 8.59. The highest BCUT2D eigenvalue weighted by atomic mass is 16.6. The summed E-state index contributed by atoms with van der Waals surface area (Å²) >= 11 is 0. The molecule has 1 aliphatic carbocycles. The van der Waals surface area contributed by atoms with Gasteiger partial charge in [0.25, 0.3) is 5.91 Å². The predicted octanol–water partition coefficient (Wildman–Crippen LogP) is 3.05. The van der Waals surface area contributed by atoms with Crippen molar-refractivity contribution < 1.29 is 14.3 Å². The smallest absolute Gasteiger partial charge is 0.414 e. The van der Waals surface area contributed by atoms with E-state index in [-0.39, 0.29) is 12.0 Å². The largest absolute Gasteiger partial charge is 0.447 e. The van der Waals surface area contributed by atoms with Crippen molar-refractivity contribution >= 4 is 17.7 Å². The van der Waals surface area contributed by atoms with E-state index in [1.54, 1.807) is 4.90 Å². The van der Waals surface area contributed by atoms with Gasteiger partial charge in [0.15, 0.2) is 0 Å². The van der Waals surface area contributed by atoms with Crippen LogP contribution in [0.1, 0.15) is 42.5 Å². The third-order valence-electron chi connectivity index (χ3n) is 5.44. The maximum atomic E-state index is 12.9. The number of carbonyl (C=O) groups is 2. The molecule has 0 radical (unpaired) electrons. The summed E-state index contributed by atoms with van der Waals surface area (Å²) in [6, 6.07) is 7.80. The van der Waals surface area contributed by atoms with E-state index in [1.807, 2.05) is 24.3 Å². The number of ether oxygens (including phenoxy) is 1. The highest BCUT2D eigenvalue weighted by Crippen LogP contribution is 2.37. The lowest BCUT2D eigenvalue weighted by atomic mass is 9.85. The second-order valence-electron chi connectivity index (χ2n) is 6.72. The molecule has 0 aromatic heterocycles. The molecule has 2 atom stereocenters. The van der Waals surface area contributed by atoms with Crippen LogP contribution in [0.2, 0.25) is 0 Å². The van der Waals surface area contributed by atoms with Gasteiger partial charge < -0.3 is 9.64 Å². The molecule has 1 aromatic rings. The van der Waals surface area contributed by atoms with Crippen LogP contribution in [0.15, 0.2) is 24.3 Å². The topological polar surface area (TPSA) is 49.9 Å². The minimum Gasteiger partial charge on any atom is -0.447 e. The summed E-state index contributed by atoms with van der Waals surface area (Å²) in [5, 5.41) is 0. The Morgan fingerprint density at radius 2 is 2.00 bits per heavy atom. The summed E-state index contributed by atoms with van der Waals surface area (Å²) in [4.78, 5) is 28.3. The normalized spacial score (nSPS) is 27.0. The van der Waals surface area contributed by atoms with Crippen LogP contribution < -0.4 is 4.90 Å². The maximum Gasteiger partial charge on any atom is 0.414 e. The number of carbonyl (C=O) groups excluding carboxylic acids is 2. The van der Waals surface area contributed by atoms with E-state index < -0.39 is 0 Å². The summed E-state index contributed by atoms with van der Waals surface area (Å²) in [6.45, 7) is 1.82. The minimum absolute atomic E-state index is 0.105. The molecular weight excluding hydrogens is 292 g/mol. The van der Waals surface area contributed by atoms with E-state index >= 15 is 0 Å². The molecule has 0 N–H and O–H groups in total. The van der Waals surface area contributed by atoms with Gasteiger partial charge in [-0.05, 0) is 43.4 Å². The van der Waals surface area contributed by atoms with Crippen molar-refractivity contribution in [1.82, 2.24) is 4.90 Å². The molecule has 0 bridgehead atoms. The van der Waals surface area contributed by atoms with Crippen LogP contribution in [-0.4, -0.2) is 42.6 Å². The van der Waals surface area contributed by atoms with Gasteiger partial charge in [0.05, 0.1) is 6.54 Å². The van der Waals surface area contributed by atoms with Crippen molar-refractivity contribution in [3.05, 3.63) is 29.8 Å². The van der Waals surface area contributed by atoms with Gasteiger partial charge in [0, 0.05) is 23.8 Å². The summed E-state index contributed by atoms with van der Waals surface area (Å²) < 4.78 is 4.98. The Bertz CT molecular complexity index is 630. The van der Waals surface area contributed by atoms with Gasteiger partial charge >= 0.3 is 6.09 Å². The number of anilines is 1. The van der Waals surface area contributed by atoms with E-state index in [2.05, 4.69) is 4.90 Å². The van der Waals surface area contributed by atoms with Gasteiger partial charge in [-0.2, -0.15) is 0 Å². The second-order valence-corrected chi connectivity index (χ2v) is 6.72. The Labute approximate surface area is 136 Å². The van der Waals surface area contributed by atoms with Crippen LogP contribution in [-0.2, 0) is 4.74 Å². The zero-order valence-electron chi connectivity index (χ0n) is 13.2. The number of hydrogen-bond donors (Lipinski definition) is 0. The zero-order valence-corrected chi connectivity index (χ0v) is 13.2. The molecule has 5 heteroatoms. The van der Waals surface area contributed by atoms with Crippen molar-refractivity contribution in [2.45, 2.75) is 38.1 Å². The number of likely N-dealkylation sites (tertiary alicyclic amines) is 1. The molecule has 2 unspecified atom stereocenters. The molecule has 4 rings (SSSR count). The number of benzene rings is 1. The van der Waals surface area contributed by atoms with Gasteiger partial charge in [-0.25, -0.2) is 4.79 Å². The molecule has 1 saturated carbocycles. The first-order chi connectivity index (χ1) is 11.2. The molecule has 122 valence electrons. The fourth-order valence-electron chi connectivity index (χ4n) is 4.26. The fraction of sp³-hybridized carbons (Fsp3) is 0.556. The number of fused-ring (bicyclic) bond motifs is 1. The van der Waals surface area contributed by atoms with Crippen molar-refractivity contribution in [3.8, 4) is 0 Å². The molecule has 2 amide bonds. The van der Waals surface area contributed by atoms with Crippen LogP contribution in [0.3, 0.4) is 0 Å². The Balaban J connectivity index is 1.55. The Hall–Kier alpha value is -2.04. The number of cyclic esters (lactones) is 1. The molecule has 3 fully saturated rings. The van der Waals surface area contributed by atoms with Crippen LogP contribution in [0.5, 0.6) is 0 Å². The van der Waals surface area contributed by atoms with Crippen molar-refractivity contribution in [2.24, 2.45) is 5.92 Å². The van der Waals surface area contributed by atoms with Gasteiger partial charge in [-0.1, -0.05) is 18.9 Å². The first kappa shape index (κ1) is 14.5. The summed E-state index contributed by atoms with van der Waals surface area (Å²) in [5.74, 6) is 0.790. The molecule has 0 spiro atoms. The molecule has 3 aliphatic rings. The molecule has 1 aromatic carbocycles. The van der Waals surface area contributed by atoms with Gasteiger partial charge in [0.1, 0.15) is 6.61 Å². The second kappa shape index (κ2) is 5.87. The zero-order chi connectivity index (χ0) is 15.8. The number of amides is 2. The summed E-state index contributed by atoms with van der Waals surface area (Å²) in [7, 11) is 0. The average Bonchev–Trinajstić information content (AvgIpc) is 3.20. The number of rotatable bonds is 2. The molecule has 23 heavy (non-hydrogen) atoms. The monoisotopic (exact) mass is 314 g/mol. The molecule has 2 aliphatic heterocycles. The minimum atomic E-state index is -0.330. The van der Waals surface area contributed by atoms with Crippen LogP contribution in [0, 0.1) is 5.92 Å². The molecular formula is C18H22N2O3. The van der Waals surface area contributed by atoms with Gasteiger partial charge in [0.2, 0.25) is 0 Å². The maximum absolute atomic E-state index is 12.9. The standard InChI is InChI=1S/C18H22N2O3/c21-17(20-9-8-13-4-1-2-7-16(13)20)14-5-3-6-15(12-14)19-10-11-23-18(19)22/h3,5-6,12-13,16H,1-2,4,7-11H2. The van der Waals surface area contributed by atoms with E-state index in [9.17, 15) is 9.59 Å². The number of hydrogen-bond acceptors (Lipinski definition) is 3. The van der Waals surface area contributed by atoms with Gasteiger partial charge in [-0.3, -0.25) is 9.69 Å². The van der Waals surface area contributed by atoms with Crippen molar-refractivity contribution in [3.63, 3.8) is 0 Å². The Morgan fingerprint density at radius 3 is 2.83 bits per heavy atom. The van der Waals surface area contributed by atoms with Gasteiger partial charge in [-0.15, -0.1) is 0 Å². The third-order valence-corrected chi connectivity index (χ3v) is 5.44. The van der Waals surface area contributed by atoms with Crippen molar-refractivity contribution in [2.75, 3.05) is 24.6 Å². The molecule has 2 heterocycles. The van der Waals surface area contributed by atoms with E-state index in [1.165, 1.54) is 19.3 Å². The lowest BCUT2D eigenvalue weighted by Gasteiger charge is -2.31. The van der Waals surface area contributed by atoms with Crippen LogP contribution in [0.4, 0.5) is 10.5 Å². The van der Waals surface area contributed by atoms with Crippen molar-refractivity contribution in [1.29, 1.82) is 0 Å². The highest BCUT2D eigenvalue weighted by molar-refractivity contribution is 5.97. The fourth-order valence-corrected chi connectivity index (χ4v) is 4.26. The van der Waals surface area contributed by atoms with E-state index in [0.29, 0.717) is 30.7 Å². The van der Waals surface area contributed by atoms with Crippen LogP contribution in [0.25, 0.3) is 0 Å². The lowest BCUT2D eigenvalue weighted by molar-refractivity contribution is 0.0690. The number of nitrogens with zero attached hydrogens (tertiary/aromatic N) is 2. The van der Waals surface area contributed by atoms with Crippen LogP contribution >= 0.6 is 0 Å². The van der Waals surface area contributed by atoms with E-state index in [4.69, 9.17) is 4.74 Å². The van der Waals surface area contributed by atoms with E-state index in [0.717, 1.165) is 25.1 Å². The lowest BCUT2D eigenvalue weighted by Crippen LogP contribution is -2.39. The third kappa shape index (κ3) is 2.58. The Morgan fingerprint density at radius 1 is 1.13 bits per heavy atom. The Kier molecular flexibility index (Phi) is 3.71. The predicted molar refractivity (Wildman–Crippen MR) is 86.5 cm³/mol. The summed E-state index contributed by atoms with van der Waals surface area (Å²) in [6.07, 6.45) is 5.72. The summed E-state index contributed by atoms with van der Waals surface area (Å²) in [5.41, 5.74) is 1.42. The molecule has 5 nitrogen and oxygen atoms in total. The first-order valence-electron chi connectivity index (χ1n) is 8.59. The average molecular weight is 314 g/mol. The molecule has 2 saturated heterocycles. The highest BCUT2D eigenvalue weighted by Gasteiger charge is 2.38.